The van der Waals surface area contributed by atoms with E-state index in [9.17, 15) is 4.79 Å². The number of carbonyl (C=O) groups excluding carboxylic acids is 1. The number of halogens is 1. The van der Waals surface area contributed by atoms with Crippen LogP contribution in [0.5, 0.6) is 0 Å². The van der Waals surface area contributed by atoms with E-state index in [-0.39, 0.29) is 11.2 Å². The number of aromatic nitrogens is 1. The first kappa shape index (κ1) is 17.2. The van der Waals surface area contributed by atoms with Gasteiger partial charge in [-0.25, -0.2) is 4.99 Å². The number of para-hydroxylation sites is 2. The standard InChI is InChI=1S/C20H18ClN5O2/c21-12-10-22-9-8-11(12)18-17-14(5-3-6-15(17)27)23-19(25-18)26-20-24-13-4-1-2-7-16(13)28-20/h1-2,4,7-9,12,18H,3,5-6,10H2,(H2,23,24,25,26). The number of hydrogen-bond acceptors (Lipinski definition) is 7. The highest BCUT2D eigenvalue weighted by Crippen LogP contribution is 2.33. The van der Waals surface area contributed by atoms with Gasteiger partial charge in [-0.15, -0.1) is 11.6 Å². The summed E-state index contributed by atoms with van der Waals surface area (Å²) in [5, 5.41) is 6.08. The number of allylic oxidation sites excluding steroid dienone is 2. The van der Waals surface area contributed by atoms with Gasteiger partial charge >= 0.3 is 6.01 Å². The molecule has 1 aliphatic carbocycles. The number of carbonyl (C=O) groups is 1. The van der Waals surface area contributed by atoms with Gasteiger partial charge in [-0.3, -0.25) is 15.1 Å². The molecule has 0 saturated heterocycles. The van der Waals surface area contributed by atoms with E-state index in [2.05, 4.69) is 20.6 Å². The molecule has 0 radical (unpaired) electrons. The van der Waals surface area contributed by atoms with Crippen molar-refractivity contribution in [3.8, 4) is 0 Å². The quantitative estimate of drug-likeness (QED) is 0.762. The number of oxazole rings is 1. The zero-order valence-electron chi connectivity index (χ0n) is 15.0. The Morgan fingerprint density at radius 1 is 1.25 bits per heavy atom. The number of aliphatic imine (C=N–C) groups is 2. The van der Waals surface area contributed by atoms with Crippen molar-refractivity contribution >= 4 is 46.7 Å². The van der Waals surface area contributed by atoms with Crippen LogP contribution in [-0.4, -0.2) is 40.9 Å². The first-order valence-electron chi connectivity index (χ1n) is 9.26. The van der Waals surface area contributed by atoms with Gasteiger partial charge in [0.2, 0.25) is 5.96 Å². The topological polar surface area (TPSA) is 91.9 Å². The molecule has 7 nitrogen and oxygen atoms in total. The molecule has 1 aromatic carbocycles. The Labute approximate surface area is 166 Å². The molecule has 2 N–H and O–H groups in total. The van der Waals surface area contributed by atoms with E-state index in [0.717, 1.165) is 29.6 Å². The summed E-state index contributed by atoms with van der Waals surface area (Å²) in [7, 11) is 0. The molecule has 0 saturated carbocycles. The molecule has 5 rings (SSSR count). The van der Waals surface area contributed by atoms with Crippen LogP contribution in [0.1, 0.15) is 19.3 Å². The van der Waals surface area contributed by atoms with Crippen LogP contribution in [0.25, 0.3) is 11.1 Å². The monoisotopic (exact) mass is 395 g/mol. The minimum Gasteiger partial charge on any atom is -0.423 e. The van der Waals surface area contributed by atoms with E-state index in [0.29, 0.717) is 36.1 Å². The second-order valence-electron chi connectivity index (χ2n) is 6.93. The van der Waals surface area contributed by atoms with Crippen molar-refractivity contribution in [2.24, 2.45) is 9.98 Å². The summed E-state index contributed by atoms with van der Waals surface area (Å²) in [6.07, 6.45) is 5.74. The van der Waals surface area contributed by atoms with E-state index < -0.39 is 6.04 Å². The second kappa shape index (κ2) is 6.91. The van der Waals surface area contributed by atoms with Crippen LogP contribution in [0.4, 0.5) is 6.01 Å². The number of dihydropyridines is 1. The number of nitrogens with zero attached hydrogens (tertiary/aromatic N) is 3. The number of guanidine groups is 1. The summed E-state index contributed by atoms with van der Waals surface area (Å²) >= 11 is 6.50. The van der Waals surface area contributed by atoms with Crippen molar-refractivity contribution in [3.63, 3.8) is 0 Å². The fourth-order valence-electron chi connectivity index (χ4n) is 3.78. The van der Waals surface area contributed by atoms with Crippen LogP contribution in [-0.2, 0) is 4.79 Å². The second-order valence-corrected chi connectivity index (χ2v) is 7.46. The summed E-state index contributed by atoms with van der Waals surface area (Å²) < 4.78 is 5.74. The van der Waals surface area contributed by atoms with Gasteiger partial charge in [0.25, 0.3) is 0 Å². The predicted octanol–water partition coefficient (Wildman–Crippen LogP) is 3.19. The number of fused-ring (bicyclic) bond motifs is 1. The van der Waals surface area contributed by atoms with Gasteiger partial charge in [-0.05, 0) is 36.6 Å². The smallest absolute Gasteiger partial charge is 0.302 e. The third-order valence-electron chi connectivity index (χ3n) is 5.09. The summed E-state index contributed by atoms with van der Waals surface area (Å²) in [6.45, 7) is 0.484. The minimum absolute atomic E-state index is 0.121. The van der Waals surface area contributed by atoms with Crippen LogP contribution in [0.15, 0.2) is 61.6 Å². The maximum Gasteiger partial charge on any atom is 0.302 e. The van der Waals surface area contributed by atoms with Gasteiger partial charge in [0.05, 0.1) is 11.9 Å². The average molecular weight is 396 g/mol. The lowest BCUT2D eigenvalue weighted by Gasteiger charge is -2.32. The van der Waals surface area contributed by atoms with E-state index in [4.69, 9.17) is 21.0 Å². The number of nitrogens with one attached hydrogen (secondary N) is 2. The van der Waals surface area contributed by atoms with E-state index in [1.807, 2.05) is 30.3 Å². The van der Waals surface area contributed by atoms with Gasteiger partial charge < -0.3 is 9.73 Å². The third kappa shape index (κ3) is 3.01. The van der Waals surface area contributed by atoms with Crippen molar-refractivity contribution in [2.45, 2.75) is 30.7 Å². The molecule has 8 heteroatoms. The molecular weight excluding hydrogens is 378 g/mol. The summed E-state index contributed by atoms with van der Waals surface area (Å²) in [6, 6.07) is 7.46. The molecule has 2 aliphatic heterocycles. The Morgan fingerprint density at radius 3 is 3.00 bits per heavy atom. The van der Waals surface area contributed by atoms with Gasteiger partial charge in [0.1, 0.15) is 11.6 Å². The molecule has 28 heavy (non-hydrogen) atoms. The highest BCUT2D eigenvalue weighted by molar-refractivity contribution is 6.23. The van der Waals surface area contributed by atoms with Gasteiger partial charge in [0, 0.05) is 23.9 Å². The molecule has 3 heterocycles. The van der Waals surface area contributed by atoms with Crippen LogP contribution < -0.4 is 10.6 Å². The number of Topliss-reactive ketones (excluding diaryl/α,β-unsaturated/α-hetero) is 1. The van der Waals surface area contributed by atoms with Crippen molar-refractivity contribution in [2.75, 3.05) is 11.9 Å². The third-order valence-corrected chi connectivity index (χ3v) is 5.48. The van der Waals surface area contributed by atoms with E-state index >= 15 is 0 Å². The summed E-state index contributed by atoms with van der Waals surface area (Å²) in [5.74, 6) is 0.618. The lowest BCUT2D eigenvalue weighted by atomic mass is 9.84. The Balaban J connectivity index is 1.51. The van der Waals surface area contributed by atoms with Crippen molar-refractivity contribution in [3.05, 3.63) is 47.2 Å². The molecule has 0 bridgehead atoms. The average Bonchev–Trinajstić information content (AvgIpc) is 3.10. The normalized spacial score (nSPS) is 24.5. The van der Waals surface area contributed by atoms with Crippen LogP contribution >= 0.6 is 11.6 Å². The van der Waals surface area contributed by atoms with Crippen molar-refractivity contribution in [1.82, 2.24) is 10.3 Å². The Bertz CT molecular complexity index is 1050. The molecule has 0 amide bonds. The van der Waals surface area contributed by atoms with Gasteiger partial charge in [-0.1, -0.05) is 12.1 Å². The predicted molar refractivity (Wildman–Crippen MR) is 109 cm³/mol. The van der Waals surface area contributed by atoms with Crippen LogP contribution in [0, 0.1) is 0 Å². The number of rotatable bonds is 2. The maximum absolute atomic E-state index is 12.6. The number of benzene rings is 1. The molecular formula is C20H18ClN5O2. The van der Waals surface area contributed by atoms with Crippen molar-refractivity contribution < 1.29 is 9.21 Å². The molecule has 3 aliphatic rings. The largest absolute Gasteiger partial charge is 0.423 e. The zero-order valence-corrected chi connectivity index (χ0v) is 15.7. The Morgan fingerprint density at radius 2 is 2.14 bits per heavy atom. The fourth-order valence-corrected chi connectivity index (χ4v) is 4.05. The number of hydrogen-bond donors (Lipinski definition) is 2. The number of ketones is 1. The molecule has 2 aromatic rings. The highest BCUT2D eigenvalue weighted by Gasteiger charge is 2.36. The Kier molecular flexibility index (Phi) is 4.24. The van der Waals surface area contributed by atoms with Crippen LogP contribution in [0.2, 0.25) is 0 Å². The lowest BCUT2D eigenvalue weighted by Crippen LogP contribution is -2.42. The van der Waals surface area contributed by atoms with E-state index in [1.54, 1.807) is 6.21 Å². The van der Waals surface area contributed by atoms with E-state index in [1.165, 1.54) is 0 Å². The lowest BCUT2D eigenvalue weighted by molar-refractivity contribution is -0.116. The SMILES string of the molecule is O=C1CCCC2=C1C(C1=CC=NCC1Cl)N=C(Nc1nc3ccccc3o1)N2. The molecule has 1 aromatic heterocycles. The molecule has 0 fully saturated rings. The zero-order chi connectivity index (χ0) is 19.1. The van der Waals surface area contributed by atoms with Gasteiger partial charge in [-0.2, -0.15) is 4.98 Å². The molecule has 2 atom stereocenters. The van der Waals surface area contributed by atoms with Crippen LogP contribution in [0.3, 0.4) is 0 Å². The first-order chi connectivity index (χ1) is 13.7. The summed E-state index contributed by atoms with van der Waals surface area (Å²) in [4.78, 5) is 26.0. The maximum atomic E-state index is 12.6. The van der Waals surface area contributed by atoms with Gasteiger partial charge in [0.15, 0.2) is 11.4 Å². The number of anilines is 1. The molecule has 0 spiro atoms. The molecule has 142 valence electrons. The number of alkyl halides is 1. The fraction of sp³-hybridized carbons (Fsp3) is 0.300. The van der Waals surface area contributed by atoms with Crippen molar-refractivity contribution in [1.29, 1.82) is 0 Å². The highest BCUT2D eigenvalue weighted by atomic mass is 35.5. The Hall–Kier alpha value is -2.93. The molecule has 2 unspecified atom stereocenters. The summed E-state index contributed by atoms with van der Waals surface area (Å²) in [5.41, 5.74) is 3.94. The minimum atomic E-state index is -0.426. The first-order valence-corrected chi connectivity index (χ1v) is 9.70.